The van der Waals surface area contributed by atoms with Crippen molar-refractivity contribution in [2.24, 2.45) is 18.7 Å². The smallest absolute Gasteiger partial charge is 0.254 e. The van der Waals surface area contributed by atoms with Gasteiger partial charge in [-0.05, 0) is 61.3 Å². The van der Waals surface area contributed by atoms with Crippen molar-refractivity contribution in [1.82, 2.24) is 23.4 Å². The quantitative estimate of drug-likeness (QED) is 0.487. The first-order chi connectivity index (χ1) is 16.0. The maximum atomic E-state index is 13.3. The standard InChI is InChI=1S/C24H28N6O2S/c1-28-21-18(8-15(10-20(21)32-2)23(31)29-7-3-4-17(25)13-29)27-22(28)19-9-16-11-26-33-24(16)30(19)12-14-5-6-14/h8-11,14,17H,3-7,12-13,25H2,1-2H3/t17-/m1/s1. The molecule has 3 aromatic heterocycles. The number of amides is 1. The molecule has 0 radical (unpaired) electrons. The molecule has 1 aliphatic heterocycles. The molecule has 0 spiro atoms. The largest absolute Gasteiger partial charge is 0.494 e. The molecular formula is C24H28N6O2S. The van der Waals surface area contributed by atoms with Crippen LogP contribution in [0.1, 0.15) is 36.0 Å². The monoisotopic (exact) mass is 464 g/mol. The number of nitrogens with two attached hydrogens (primary N) is 1. The molecule has 1 amide bonds. The van der Waals surface area contributed by atoms with Crippen LogP contribution in [0, 0.1) is 5.92 Å². The first-order valence-corrected chi connectivity index (χ1v) is 12.3. The van der Waals surface area contributed by atoms with Crippen LogP contribution in [0.15, 0.2) is 24.4 Å². The highest BCUT2D eigenvalue weighted by atomic mass is 32.1. The van der Waals surface area contributed by atoms with Crippen molar-refractivity contribution in [3.05, 3.63) is 30.0 Å². The van der Waals surface area contributed by atoms with Crippen LogP contribution in [0.2, 0.25) is 0 Å². The lowest BCUT2D eigenvalue weighted by Crippen LogP contribution is -2.45. The van der Waals surface area contributed by atoms with Crippen LogP contribution >= 0.6 is 11.5 Å². The van der Waals surface area contributed by atoms with Crippen molar-refractivity contribution in [3.63, 3.8) is 0 Å². The second-order valence-corrected chi connectivity index (χ2v) is 10.1. The minimum atomic E-state index is -0.0127. The average Bonchev–Trinajstić information content (AvgIpc) is 3.26. The van der Waals surface area contributed by atoms with Gasteiger partial charge in [-0.25, -0.2) is 4.98 Å². The zero-order valence-corrected chi connectivity index (χ0v) is 19.8. The Bertz CT molecular complexity index is 1360. The van der Waals surface area contributed by atoms with E-state index < -0.39 is 0 Å². The van der Waals surface area contributed by atoms with Crippen molar-refractivity contribution in [2.45, 2.75) is 38.3 Å². The summed E-state index contributed by atoms with van der Waals surface area (Å²) in [5.41, 5.74) is 9.44. The molecule has 6 rings (SSSR count). The molecule has 2 aliphatic rings. The maximum absolute atomic E-state index is 13.3. The summed E-state index contributed by atoms with van der Waals surface area (Å²) < 4.78 is 14.6. The Morgan fingerprint density at radius 2 is 2.12 bits per heavy atom. The Morgan fingerprint density at radius 1 is 1.27 bits per heavy atom. The highest BCUT2D eigenvalue weighted by molar-refractivity contribution is 7.12. The molecule has 1 aromatic carbocycles. The summed E-state index contributed by atoms with van der Waals surface area (Å²) in [6.45, 7) is 2.31. The second-order valence-electron chi connectivity index (χ2n) is 9.36. The molecular weight excluding hydrogens is 436 g/mol. The number of rotatable bonds is 5. The van der Waals surface area contributed by atoms with E-state index in [0.29, 0.717) is 17.9 Å². The van der Waals surface area contributed by atoms with E-state index in [1.807, 2.05) is 30.3 Å². The molecule has 1 aliphatic carbocycles. The minimum absolute atomic E-state index is 0.0127. The Balaban J connectivity index is 1.46. The fraction of sp³-hybridized carbons (Fsp3) is 0.458. The van der Waals surface area contributed by atoms with Crippen molar-refractivity contribution in [3.8, 4) is 17.3 Å². The number of imidazole rings is 1. The Labute approximate surface area is 196 Å². The van der Waals surface area contributed by atoms with Gasteiger partial charge < -0.3 is 24.5 Å². The van der Waals surface area contributed by atoms with Crippen molar-refractivity contribution < 1.29 is 9.53 Å². The molecule has 1 saturated heterocycles. The van der Waals surface area contributed by atoms with E-state index in [-0.39, 0.29) is 11.9 Å². The van der Waals surface area contributed by atoms with Crippen LogP contribution in [-0.2, 0) is 13.6 Å². The van der Waals surface area contributed by atoms with Crippen LogP contribution in [0.25, 0.3) is 32.8 Å². The zero-order chi connectivity index (χ0) is 22.7. The Morgan fingerprint density at radius 3 is 2.88 bits per heavy atom. The van der Waals surface area contributed by atoms with E-state index in [1.165, 1.54) is 29.2 Å². The summed E-state index contributed by atoms with van der Waals surface area (Å²) >= 11 is 1.53. The predicted octanol–water partition coefficient (Wildman–Crippen LogP) is 3.63. The molecule has 4 heterocycles. The average molecular weight is 465 g/mol. The number of methoxy groups -OCH3 is 1. The first-order valence-electron chi connectivity index (χ1n) is 11.6. The summed E-state index contributed by atoms with van der Waals surface area (Å²) in [4.78, 5) is 21.3. The van der Waals surface area contributed by atoms with Gasteiger partial charge in [0.15, 0.2) is 5.82 Å². The molecule has 1 saturated carbocycles. The fourth-order valence-corrected chi connectivity index (χ4v) is 5.76. The molecule has 172 valence electrons. The third-order valence-corrected chi connectivity index (χ3v) is 7.76. The summed E-state index contributed by atoms with van der Waals surface area (Å²) in [5.74, 6) is 2.24. The summed E-state index contributed by atoms with van der Waals surface area (Å²) in [7, 11) is 3.66. The predicted molar refractivity (Wildman–Crippen MR) is 130 cm³/mol. The number of aromatic nitrogens is 4. The lowest BCUT2D eigenvalue weighted by Gasteiger charge is -2.30. The van der Waals surface area contributed by atoms with Gasteiger partial charge in [-0.15, -0.1) is 0 Å². The zero-order valence-electron chi connectivity index (χ0n) is 19.0. The summed E-state index contributed by atoms with van der Waals surface area (Å²) in [6.07, 6.45) is 6.38. The number of fused-ring (bicyclic) bond motifs is 2. The van der Waals surface area contributed by atoms with Crippen molar-refractivity contribution in [2.75, 3.05) is 20.2 Å². The molecule has 4 aromatic rings. The second kappa shape index (κ2) is 7.85. The van der Waals surface area contributed by atoms with E-state index >= 15 is 0 Å². The van der Waals surface area contributed by atoms with Gasteiger partial charge in [0, 0.05) is 43.7 Å². The number of ether oxygens (including phenoxy) is 1. The van der Waals surface area contributed by atoms with E-state index in [1.54, 1.807) is 7.11 Å². The maximum Gasteiger partial charge on any atom is 0.254 e. The highest BCUT2D eigenvalue weighted by Gasteiger charge is 2.28. The molecule has 2 N–H and O–H groups in total. The topological polar surface area (TPSA) is 91.2 Å². The molecule has 9 heteroatoms. The lowest BCUT2D eigenvalue weighted by atomic mass is 10.0. The number of aryl methyl sites for hydroxylation is 1. The molecule has 1 atom stereocenters. The number of benzene rings is 1. The molecule has 33 heavy (non-hydrogen) atoms. The molecule has 0 unspecified atom stereocenters. The third kappa shape index (κ3) is 3.50. The van der Waals surface area contributed by atoms with Crippen LogP contribution in [0.3, 0.4) is 0 Å². The first kappa shape index (κ1) is 20.7. The third-order valence-electron chi connectivity index (χ3n) is 6.92. The SMILES string of the molecule is COc1cc(C(=O)N2CCC[C@@H](N)C2)cc2nc(-c3cc4cnsc4n3CC3CC3)n(C)c12. The number of hydrogen-bond donors (Lipinski definition) is 1. The van der Waals surface area contributed by atoms with Crippen LogP contribution in [0.5, 0.6) is 5.75 Å². The van der Waals surface area contributed by atoms with Gasteiger partial charge in [-0.1, -0.05) is 0 Å². The van der Waals surface area contributed by atoms with E-state index in [2.05, 4.69) is 19.6 Å². The van der Waals surface area contributed by atoms with Gasteiger partial charge in [0.2, 0.25) is 0 Å². The van der Waals surface area contributed by atoms with E-state index in [9.17, 15) is 4.79 Å². The molecule has 2 fully saturated rings. The van der Waals surface area contributed by atoms with Gasteiger partial charge in [0.25, 0.3) is 5.91 Å². The normalized spacial score (nSPS) is 19.0. The number of nitrogens with zero attached hydrogens (tertiary/aromatic N) is 5. The van der Waals surface area contributed by atoms with Crippen molar-refractivity contribution >= 4 is 38.7 Å². The lowest BCUT2D eigenvalue weighted by molar-refractivity contribution is 0.0708. The molecule has 0 bridgehead atoms. The minimum Gasteiger partial charge on any atom is -0.494 e. The summed E-state index contributed by atoms with van der Waals surface area (Å²) in [6, 6.07) is 5.94. The Hall–Kier alpha value is -2.91. The van der Waals surface area contributed by atoms with Gasteiger partial charge >= 0.3 is 0 Å². The number of likely N-dealkylation sites (tertiary alicyclic amines) is 1. The van der Waals surface area contributed by atoms with Gasteiger partial charge in [-0.2, -0.15) is 4.37 Å². The number of carbonyl (C=O) groups excluding carboxylic acids is 1. The van der Waals surface area contributed by atoms with Gasteiger partial charge in [0.1, 0.15) is 16.1 Å². The number of piperidine rings is 1. The number of carbonyl (C=O) groups is 1. The van der Waals surface area contributed by atoms with Gasteiger partial charge in [0.05, 0.1) is 24.5 Å². The van der Waals surface area contributed by atoms with E-state index in [0.717, 1.165) is 59.8 Å². The molecule has 8 nitrogen and oxygen atoms in total. The Kier molecular flexibility index (Phi) is 4.92. The van der Waals surface area contributed by atoms with Crippen molar-refractivity contribution in [1.29, 1.82) is 0 Å². The van der Waals surface area contributed by atoms with Crippen LogP contribution in [0.4, 0.5) is 0 Å². The van der Waals surface area contributed by atoms with Crippen LogP contribution in [-0.4, -0.2) is 55.5 Å². The highest BCUT2D eigenvalue weighted by Crippen LogP contribution is 2.38. The van der Waals surface area contributed by atoms with E-state index in [4.69, 9.17) is 15.5 Å². The fourth-order valence-electron chi connectivity index (χ4n) is 5.00. The van der Waals surface area contributed by atoms with Crippen LogP contribution < -0.4 is 10.5 Å². The van der Waals surface area contributed by atoms with Gasteiger partial charge in [-0.3, -0.25) is 4.79 Å². The summed E-state index contributed by atoms with van der Waals surface area (Å²) in [5, 5.41) is 1.15. The number of hydrogen-bond acceptors (Lipinski definition) is 6.